The van der Waals surface area contributed by atoms with Crippen LogP contribution < -0.4 is 14.8 Å². The highest BCUT2D eigenvalue weighted by Gasteiger charge is 2.19. The number of carbonyl (C=O) groups excluding carboxylic acids is 1. The second kappa shape index (κ2) is 8.23. The molecule has 0 aliphatic heterocycles. The van der Waals surface area contributed by atoms with Crippen LogP contribution in [-0.4, -0.2) is 37.7 Å². The van der Waals surface area contributed by atoms with E-state index in [1.165, 1.54) is 6.07 Å². The molecular formula is C18H21NO6. The molecule has 1 amide bonds. The number of amides is 1. The largest absolute Gasteiger partial charge is 0.493 e. The molecule has 0 saturated carbocycles. The smallest absolute Gasteiger partial charge is 0.339 e. The number of carbonyl (C=O) groups is 2. The number of ether oxygens (including phenoxy) is 2. The topological polar surface area (TPSA) is 98.0 Å². The van der Waals surface area contributed by atoms with E-state index in [0.29, 0.717) is 30.9 Å². The van der Waals surface area contributed by atoms with E-state index in [2.05, 4.69) is 5.32 Å². The lowest BCUT2D eigenvalue weighted by molar-refractivity contribution is 0.0694. The Balaban J connectivity index is 1.98. The molecule has 2 rings (SSSR count). The summed E-state index contributed by atoms with van der Waals surface area (Å²) in [6.45, 7) is 2.14. The van der Waals surface area contributed by atoms with Gasteiger partial charge in [-0.1, -0.05) is 13.0 Å². The van der Waals surface area contributed by atoms with Gasteiger partial charge in [-0.05, 0) is 24.1 Å². The van der Waals surface area contributed by atoms with Crippen molar-refractivity contribution in [2.24, 2.45) is 0 Å². The molecule has 1 heterocycles. The van der Waals surface area contributed by atoms with Crippen molar-refractivity contribution >= 4 is 11.9 Å². The van der Waals surface area contributed by atoms with Gasteiger partial charge in [-0.3, -0.25) is 4.79 Å². The van der Waals surface area contributed by atoms with Crippen molar-refractivity contribution in [1.82, 2.24) is 5.32 Å². The number of nitrogens with one attached hydrogen (secondary N) is 1. The minimum absolute atomic E-state index is 0.00145. The number of hydrogen-bond donors (Lipinski definition) is 2. The molecule has 1 aromatic heterocycles. The maximum atomic E-state index is 12.1. The van der Waals surface area contributed by atoms with Crippen molar-refractivity contribution in [3.8, 4) is 11.5 Å². The summed E-state index contributed by atoms with van der Waals surface area (Å²) in [6, 6.07) is 6.79. The van der Waals surface area contributed by atoms with Crippen LogP contribution in [0.3, 0.4) is 0 Å². The number of rotatable bonds is 8. The molecule has 2 N–H and O–H groups in total. The second-order valence-electron chi connectivity index (χ2n) is 5.30. The summed E-state index contributed by atoms with van der Waals surface area (Å²) in [5.74, 6) is 0.00183. The van der Waals surface area contributed by atoms with Crippen LogP contribution >= 0.6 is 0 Å². The Kier molecular flexibility index (Phi) is 6.05. The number of benzene rings is 1. The Morgan fingerprint density at radius 3 is 2.44 bits per heavy atom. The number of hydrogen-bond acceptors (Lipinski definition) is 5. The van der Waals surface area contributed by atoms with Crippen LogP contribution in [0.1, 0.15) is 39.2 Å². The van der Waals surface area contributed by atoms with Crippen LogP contribution in [0, 0.1) is 0 Å². The van der Waals surface area contributed by atoms with Crippen molar-refractivity contribution in [3.63, 3.8) is 0 Å². The minimum atomic E-state index is -1.11. The molecule has 0 bridgehead atoms. The summed E-state index contributed by atoms with van der Waals surface area (Å²) >= 11 is 0. The summed E-state index contributed by atoms with van der Waals surface area (Å²) in [5, 5.41) is 11.8. The SMILES string of the molecule is CCc1oc(C(=O)NCCc2ccc(OC)c(OC)c2)cc1C(=O)O. The first-order chi connectivity index (χ1) is 12.0. The molecule has 0 saturated heterocycles. The maximum absolute atomic E-state index is 12.1. The molecule has 1 aromatic carbocycles. The predicted octanol–water partition coefficient (Wildman–Crippen LogP) is 2.53. The first kappa shape index (κ1) is 18.4. The lowest BCUT2D eigenvalue weighted by atomic mass is 10.1. The number of methoxy groups -OCH3 is 2. The molecule has 0 unspecified atom stereocenters. The van der Waals surface area contributed by atoms with Crippen LogP contribution in [-0.2, 0) is 12.8 Å². The highest BCUT2D eigenvalue weighted by atomic mass is 16.5. The van der Waals surface area contributed by atoms with Crippen LogP contribution in [0.4, 0.5) is 0 Å². The van der Waals surface area contributed by atoms with E-state index in [1.807, 2.05) is 12.1 Å². The third kappa shape index (κ3) is 4.32. The molecule has 0 fully saturated rings. The Bertz CT molecular complexity index is 765. The van der Waals surface area contributed by atoms with E-state index in [4.69, 9.17) is 19.0 Å². The first-order valence-electron chi connectivity index (χ1n) is 7.85. The average Bonchev–Trinajstić information content (AvgIpc) is 3.06. The minimum Gasteiger partial charge on any atom is -0.493 e. The molecule has 7 heteroatoms. The van der Waals surface area contributed by atoms with Gasteiger partial charge in [-0.2, -0.15) is 0 Å². The highest BCUT2D eigenvalue weighted by molar-refractivity contribution is 5.96. The standard InChI is InChI=1S/C18H21NO6/c1-4-13-12(18(21)22)10-16(25-13)17(20)19-8-7-11-5-6-14(23-2)15(9-11)24-3/h5-6,9-10H,4,7-8H2,1-3H3,(H,19,20)(H,21,22). The lowest BCUT2D eigenvalue weighted by Gasteiger charge is -2.09. The summed E-state index contributed by atoms with van der Waals surface area (Å²) in [5.41, 5.74) is 0.991. The summed E-state index contributed by atoms with van der Waals surface area (Å²) < 4.78 is 15.7. The van der Waals surface area contributed by atoms with Crippen molar-refractivity contribution in [2.75, 3.05) is 20.8 Å². The molecule has 0 spiro atoms. The molecular weight excluding hydrogens is 326 g/mol. The van der Waals surface area contributed by atoms with Gasteiger partial charge in [0, 0.05) is 19.0 Å². The van der Waals surface area contributed by atoms with Gasteiger partial charge in [-0.25, -0.2) is 4.79 Å². The first-order valence-corrected chi connectivity index (χ1v) is 7.85. The Labute approximate surface area is 145 Å². The van der Waals surface area contributed by atoms with Gasteiger partial charge in [0.1, 0.15) is 11.3 Å². The zero-order valence-electron chi connectivity index (χ0n) is 14.4. The van der Waals surface area contributed by atoms with E-state index in [-0.39, 0.29) is 17.1 Å². The van der Waals surface area contributed by atoms with Crippen LogP contribution in [0.25, 0.3) is 0 Å². The van der Waals surface area contributed by atoms with E-state index in [9.17, 15) is 9.59 Å². The van der Waals surface area contributed by atoms with Gasteiger partial charge in [0.05, 0.1) is 14.2 Å². The zero-order chi connectivity index (χ0) is 18.4. The lowest BCUT2D eigenvalue weighted by Crippen LogP contribution is -2.25. The fourth-order valence-corrected chi connectivity index (χ4v) is 2.43. The molecule has 25 heavy (non-hydrogen) atoms. The van der Waals surface area contributed by atoms with Gasteiger partial charge in [0.25, 0.3) is 5.91 Å². The molecule has 0 aliphatic carbocycles. The highest BCUT2D eigenvalue weighted by Crippen LogP contribution is 2.27. The zero-order valence-corrected chi connectivity index (χ0v) is 14.4. The van der Waals surface area contributed by atoms with Gasteiger partial charge >= 0.3 is 5.97 Å². The van der Waals surface area contributed by atoms with E-state index in [0.717, 1.165) is 5.56 Å². The van der Waals surface area contributed by atoms with Crippen molar-refractivity contribution in [3.05, 3.63) is 46.9 Å². The van der Waals surface area contributed by atoms with Gasteiger partial charge in [0.15, 0.2) is 17.3 Å². The Morgan fingerprint density at radius 1 is 1.16 bits per heavy atom. The Morgan fingerprint density at radius 2 is 1.88 bits per heavy atom. The molecule has 134 valence electrons. The molecule has 0 atom stereocenters. The van der Waals surface area contributed by atoms with E-state index >= 15 is 0 Å². The summed E-state index contributed by atoms with van der Waals surface area (Å²) in [7, 11) is 3.13. The van der Waals surface area contributed by atoms with Crippen molar-refractivity contribution in [1.29, 1.82) is 0 Å². The number of aryl methyl sites for hydroxylation is 1. The van der Waals surface area contributed by atoms with Gasteiger partial charge in [0.2, 0.25) is 0 Å². The third-order valence-corrected chi connectivity index (χ3v) is 3.73. The van der Waals surface area contributed by atoms with Crippen LogP contribution in [0.2, 0.25) is 0 Å². The van der Waals surface area contributed by atoms with Crippen molar-refractivity contribution in [2.45, 2.75) is 19.8 Å². The number of aromatic carboxylic acids is 1. The quantitative estimate of drug-likeness (QED) is 0.761. The third-order valence-electron chi connectivity index (χ3n) is 3.73. The number of carboxylic acids is 1. The van der Waals surface area contributed by atoms with Gasteiger partial charge < -0.3 is 24.3 Å². The normalized spacial score (nSPS) is 10.4. The summed E-state index contributed by atoms with van der Waals surface area (Å²) in [6.07, 6.45) is 0.986. The van der Waals surface area contributed by atoms with E-state index < -0.39 is 11.9 Å². The Hall–Kier alpha value is -2.96. The molecule has 7 nitrogen and oxygen atoms in total. The number of carboxylic acid groups (broad SMARTS) is 1. The van der Waals surface area contributed by atoms with Crippen LogP contribution in [0.5, 0.6) is 11.5 Å². The second-order valence-corrected chi connectivity index (χ2v) is 5.30. The van der Waals surface area contributed by atoms with E-state index in [1.54, 1.807) is 27.2 Å². The van der Waals surface area contributed by atoms with Crippen molar-refractivity contribution < 1.29 is 28.6 Å². The fourth-order valence-electron chi connectivity index (χ4n) is 2.43. The average molecular weight is 347 g/mol. The molecule has 0 radical (unpaired) electrons. The number of furan rings is 1. The summed E-state index contributed by atoms with van der Waals surface area (Å²) in [4.78, 5) is 23.2. The monoisotopic (exact) mass is 347 g/mol. The molecule has 0 aliphatic rings. The molecule has 2 aromatic rings. The van der Waals surface area contributed by atoms with Crippen LogP contribution in [0.15, 0.2) is 28.7 Å². The fraction of sp³-hybridized carbons (Fsp3) is 0.333. The van der Waals surface area contributed by atoms with Gasteiger partial charge in [-0.15, -0.1) is 0 Å². The maximum Gasteiger partial charge on any atom is 0.339 e. The predicted molar refractivity (Wildman–Crippen MR) is 90.6 cm³/mol.